The van der Waals surface area contributed by atoms with Gasteiger partial charge in [-0.15, -0.1) is 0 Å². The molecule has 1 unspecified atom stereocenters. The maximum absolute atomic E-state index is 9.59. The molecule has 5 heteroatoms. The van der Waals surface area contributed by atoms with E-state index in [4.69, 9.17) is 10.4 Å². The summed E-state index contributed by atoms with van der Waals surface area (Å²) in [5, 5.41) is 25.7. The third-order valence-corrected chi connectivity index (χ3v) is 0.567. The van der Waals surface area contributed by atoms with Crippen molar-refractivity contribution in [3.63, 3.8) is 0 Å². The summed E-state index contributed by atoms with van der Waals surface area (Å²) in [4.78, 5) is 8.52. The molecular weight excluding hydrogens is 112 g/mol. The molecule has 8 heavy (non-hydrogen) atoms. The lowest BCUT2D eigenvalue weighted by Gasteiger charge is -2.00. The first-order chi connectivity index (χ1) is 3.50. The van der Waals surface area contributed by atoms with Crippen molar-refractivity contribution in [3.8, 4) is 6.07 Å². The van der Waals surface area contributed by atoms with Gasteiger partial charge in [-0.3, -0.25) is 10.1 Å². The lowest BCUT2D eigenvalue weighted by Crippen LogP contribution is -2.31. The van der Waals surface area contributed by atoms with Crippen molar-refractivity contribution in [2.24, 2.45) is 0 Å². The highest BCUT2D eigenvalue weighted by Gasteiger charge is 2.32. The molecule has 0 fully saturated rings. The molecule has 0 radical (unpaired) electrons. The second-order valence-electron chi connectivity index (χ2n) is 1.39. The minimum atomic E-state index is -2.43. The molecule has 0 rings (SSSR count). The summed E-state index contributed by atoms with van der Waals surface area (Å²) in [5.74, 6) is 0. The van der Waals surface area contributed by atoms with E-state index in [1.54, 1.807) is 0 Å². The average Bonchev–Trinajstić information content (AvgIpc) is 1.67. The molecule has 0 aliphatic carbocycles. The molecule has 1 atom stereocenters. The molecule has 0 saturated carbocycles. The van der Waals surface area contributed by atoms with Crippen molar-refractivity contribution in [3.05, 3.63) is 10.1 Å². The first-order valence-electron chi connectivity index (χ1n) is 1.79. The summed E-state index contributed by atoms with van der Waals surface area (Å²) in [6, 6.07) is 1.10. The van der Waals surface area contributed by atoms with Crippen LogP contribution in [0.25, 0.3) is 0 Å². The Balaban J connectivity index is 4.19. The Morgan fingerprint density at radius 1 is 2.00 bits per heavy atom. The van der Waals surface area contributed by atoms with E-state index >= 15 is 0 Å². The van der Waals surface area contributed by atoms with Crippen LogP contribution in [0, 0.1) is 21.4 Å². The quantitative estimate of drug-likeness (QED) is 0.216. The van der Waals surface area contributed by atoms with Crippen molar-refractivity contribution in [2.45, 2.75) is 12.6 Å². The fraction of sp³-hybridized carbons (Fsp3) is 0.667. The second kappa shape index (κ2) is 1.76. The zero-order valence-electron chi connectivity index (χ0n) is 4.16. The third kappa shape index (κ3) is 1.17. The lowest BCUT2D eigenvalue weighted by atomic mass is 10.3. The molecule has 0 amide bonds. The molecule has 0 aromatic rings. The largest absolute Gasteiger partial charge is 0.407 e. The van der Waals surface area contributed by atoms with Crippen LogP contribution in [-0.4, -0.2) is 15.8 Å². The SMILES string of the molecule is CC(O)(C#N)[N+](=O)[O-]. The molecule has 0 spiro atoms. The Morgan fingerprint density at radius 2 is 2.38 bits per heavy atom. The number of nitro groups is 1. The van der Waals surface area contributed by atoms with Crippen LogP contribution in [0.3, 0.4) is 0 Å². The molecule has 44 valence electrons. The standard InChI is InChI=1S/C3H4N2O3/c1-3(6,2-4)5(7)8/h6H,1H3. The Labute approximate surface area is 45.3 Å². The van der Waals surface area contributed by atoms with Gasteiger partial charge in [0, 0.05) is 6.92 Å². The zero-order chi connectivity index (χ0) is 6.78. The van der Waals surface area contributed by atoms with Crippen LogP contribution in [0.2, 0.25) is 0 Å². The van der Waals surface area contributed by atoms with E-state index in [1.165, 1.54) is 0 Å². The molecule has 5 nitrogen and oxygen atoms in total. The van der Waals surface area contributed by atoms with Gasteiger partial charge < -0.3 is 5.11 Å². The molecular formula is C3H4N2O3. The fourth-order valence-electron chi connectivity index (χ4n) is 0.0408. The van der Waals surface area contributed by atoms with Gasteiger partial charge in [-0.1, -0.05) is 0 Å². The number of aliphatic hydroxyl groups is 1. The number of nitrogens with zero attached hydrogens (tertiary/aromatic N) is 2. The second-order valence-corrected chi connectivity index (χ2v) is 1.39. The average molecular weight is 116 g/mol. The topological polar surface area (TPSA) is 87.2 Å². The van der Waals surface area contributed by atoms with Gasteiger partial charge >= 0.3 is 5.72 Å². The summed E-state index contributed by atoms with van der Waals surface area (Å²) >= 11 is 0. The lowest BCUT2D eigenvalue weighted by molar-refractivity contribution is -0.599. The molecule has 0 aromatic carbocycles. The monoisotopic (exact) mass is 116 g/mol. The van der Waals surface area contributed by atoms with Crippen LogP contribution in [0.15, 0.2) is 0 Å². The molecule has 0 heterocycles. The minimum Gasteiger partial charge on any atom is -0.319 e. The van der Waals surface area contributed by atoms with E-state index in [9.17, 15) is 10.1 Å². The fourth-order valence-corrected chi connectivity index (χ4v) is 0.0408. The smallest absolute Gasteiger partial charge is 0.319 e. The van der Waals surface area contributed by atoms with Crippen LogP contribution >= 0.6 is 0 Å². The van der Waals surface area contributed by atoms with E-state index in [0.29, 0.717) is 0 Å². The highest BCUT2D eigenvalue weighted by Crippen LogP contribution is 1.98. The van der Waals surface area contributed by atoms with Crippen molar-refractivity contribution < 1.29 is 10.0 Å². The van der Waals surface area contributed by atoms with Gasteiger partial charge in [0.25, 0.3) is 0 Å². The van der Waals surface area contributed by atoms with E-state index in [2.05, 4.69) is 0 Å². The normalized spacial score (nSPS) is 16.1. The summed E-state index contributed by atoms with van der Waals surface area (Å²) in [5.41, 5.74) is -2.43. The molecule has 0 aliphatic rings. The van der Waals surface area contributed by atoms with Crippen LogP contribution < -0.4 is 0 Å². The van der Waals surface area contributed by atoms with Crippen LogP contribution in [0.5, 0.6) is 0 Å². The first kappa shape index (κ1) is 6.85. The van der Waals surface area contributed by atoms with Gasteiger partial charge in [0.2, 0.25) is 0 Å². The van der Waals surface area contributed by atoms with Gasteiger partial charge in [0.15, 0.2) is 6.07 Å². The van der Waals surface area contributed by atoms with Crippen LogP contribution in [-0.2, 0) is 0 Å². The minimum absolute atomic E-state index is 0.812. The van der Waals surface area contributed by atoms with Gasteiger partial charge in [-0.25, -0.2) is 0 Å². The summed E-state index contributed by atoms with van der Waals surface area (Å²) in [6.07, 6.45) is 0. The Morgan fingerprint density at radius 3 is 2.38 bits per heavy atom. The van der Waals surface area contributed by atoms with E-state index < -0.39 is 10.6 Å². The summed E-state index contributed by atoms with van der Waals surface area (Å²) < 4.78 is 0. The predicted molar refractivity (Wildman–Crippen MR) is 23.2 cm³/mol. The predicted octanol–water partition coefficient (Wildman–Crippen LogP) is -0.505. The Kier molecular flexibility index (Phi) is 1.50. The van der Waals surface area contributed by atoms with Crippen LogP contribution in [0.4, 0.5) is 0 Å². The van der Waals surface area contributed by atoms with E-state index in [-0.39, 0.29) is 0 Å². The van der Waals surface area contributed by atoms with Crippen molar-refractivity contribution in [2.75, 3.05) is 0 Å². The van der Waals surface area contributed by atoms with Crippen molar-refractivity contribution in [1.82, 2.24) is 0 Å². The van der Waals surface area contributed by atoms with Gasteiger partial charge in [0.05, 0.1) is 4.92 Å². The Hall–Kier alpha value is -1.15. The first-order valence-corrected chi connectivity index (χ1v) is 1.79. The molecule has 0 aliphatic heterocycles. The molecule has 0 aromatic heterocycles. The van der Waals surface area contributed by atoms with E-state index in [0.717, 1.165) is 13.0 Å². The van der Waals surface area contributed by atoms with Crippen LogP contribution in [0.1, 0.15) is 6.92 Å². The van der Waals surface area contributed by atoms with Crippen molar-refractivity contribution >= 4 is 0 Å². The van der Waals surface area contributed by atoms with E-state index in [1.807, 2.05) is 0 Å². The van der Waals surface area contributed by atoms with Gasteiger partial charge in [-0.2, -0.15) is 5.26 Å². The highest BCUT2D eigenvalue weighted by molar-refractivity contribution is 4.85. The number of rotatable bonds is 1. The third-order valence-electron chi connectivity index (χ3n) is 0.567. The maximum atomic E-state index is 9.59. The molecule has 1 N–H and O–H groups in total. The number of nitriles is 1. The van der Waals surface area contributed by atoms with Crippen molar-refractivity contribution in [1.29, 1.82) is 5.26 Å². The summed E-state index contributed by atoms with van der Waals surface area (Å²) in [7, 11) is 0. The summed E-state index contributed by atoms with van der Waals surface area (Å²) in [6.45, 7) is 0.812. The zero-order valence-corrected chi connectivity index (χ0v) is 4.16. The molecule has 0 bridgehead atoms. The number of hydrogen-bond donors (Lipinski definition) is 1. The maximum Gasteiger partial charge on any atom is 0.407 e. The van der Waals surface area contributed by atoms with Gasteiger partial charge in [-0.05, 0) is 0 Å². The highest BCUT2D eigenvalue weighted by atomic mass is 16.7. The molecule has 0 saturated heterocycles. The van der Waals surface area contributed by atoms with Gasteiger partial charge in [0.1, 0.15) is 0 Å². The number of hydrogen-bond acceptors (Lipinski definition) is 4. The Bertz CT molecular complexity index is 145.